The molecule has 4 aromatic rings. The Bertz CT molecular complexity index is 1570. The molecule has 1 saturated carbocycles. The molecule has 2 aromatic heterocycles. The third kappa shape index (κ3) is 4.58. The highest BCUT2D eigenvalue weighted by atomic mass is 16.6. The number of nitrogens with one attached hydrogen (secondary N) is 1. The van der Waals surface area contributed by atoms with Gasteiger partial charge in [0, 0.05) is 11.8 Å². The molecular weight excluding hydrogens is 466 g/mol. The van der Waals surface area contributed by atoms with Gasteiger partial charge < -0.3 is 14.5 Å². The van der Waals surface area contributed by atoms with Gasteiger partial charge in [0.15, 0.2) is 11.3 Å². The molecule has 2 heterocycles. The van der Waals surface area contributed by atoms with E-state index in [9.17, 15) is 14.9 Å². The normalized spacial score (nSPS) is 14.4. The molecule has 37 heavy (non-hydrogen) atoms. The van der Waals surface area contributed by atoms with Crippen molar-refractivity contribution in [2.45, 2.75) is 51.2 Å². The van der Waals surface area contributed by atoms with Crippen molar-refractivity contribution in [2.24, 2.45) is 0 Å². The Morgan fingerprint density at radius 1 is 1.05 bits per heavy atom. The number of hydrogen-bond acceptors (Lipinski definition) is 6. The summed E-state index contributed by atoms with van der Waals surface area (Å²) in [4.78, 5) is 30.3. The molecule has 0 unspecified atom stereocenters. The molecule has 5 rings (SSSR count). The van der Waals surface area contributed by atoms with Gasteiger partial charge in [0.25, 0.3) is 0 Å². The fourth-order valence-corrected chi connectivity index (χ4v) is 4.73. The van der Waals surface area contributed by atoms with E-state index in [-0.39, 0.29) is 16.7 Å². The Morgan fingerprint density at radius 3 is 2.35 bits per heavy atom. The predicted molar refractivity (Wildman–Crippen MR) is 141 cm³/mol. The summed E-state index contributed by atoms with van der Waals surface area (Å²) in [5.74, 6) is 0.376. The van der Waals surface area contributed by atoms with Crippen LogP contribution in [0.5, 0.6) is 0 Å². The van der Waals surface area contributed by atoms with Gasteiger partial charge in [0.05, 0.1) is 16.5 Å². The smallest absolute Gasteiger partial charge is 0.408 e. The molecule has 2 aromatic carbocycles. The largest absolute Gasteiger partial charge is 0.452 e. The lowest BCUT2D eigenvalue weighted by atomic mass is 9.71. The van der Waals surface area contributed by atoms with Crippen LogP contribution in [0.4, 0.5) is 4.79 Å². The molecule has 0 saturated heterocycles. The van der Waals surface area contributed by atoms with Crippen LogP contribution in [0.25, 0.3) is 33.4 Å². The van der Waals surface area contributed by atoms with Crippen LogP contribution in [-0.4, -0.2) is 16.7 Å². The summed E-state index contributed by atoms with van der Waals surface area (Å²) >= 11 is 0. The average molecular weight is 494 g/mol. The number of ether oxygens (including phenoxy) is 1. The van der Waals surface area contributed by atoms with Crippen molar-refractivity contribution in [3.05, 3.63) is 88.3 Å². The summed E-state index contributed by atoms with van der Waals surface area (Å²) in [6, 6.07) is 20.6. The number of carbonyl (C=O) groups is 1. The standard InChI is InChI=1S/C30H27N3O4/c1-29(2,3)37-28(35)33-30(15-7-16-30)21-12-10-19(11-13-21)24-25(34)22-14-17-32-23(18-31)27(22)36-26(24)20-8-5-4-6-9-20/h4-6,8-14,17H,7,15-16H2,1-3H3,(H,33,35). The molecule has 7 heteroatoms. The van der Waals surface area contributed by atoms with Crippen molar-refractivity contribution < 1.29 is 13.9 Å². The number of hydrogen-bond donors (Lipinski definition) is 1. The number of amides is 1. The van der Waals surface area contributed by atoms with E-state index in [1.807, 2.05) is 81.4 Å². The number of rotatable bonds is 4. The van der Waals surface area contributed by atoms with E-state index in [0.29, 0.717) is 22.3 Å². The van der Waals surface area contributed by atoms with E-state index in [4.69, 9.17) is 9.15 Å². The minimum absolute atomic E-state index is 0.0637. The van der Waals surface area contributed by atoms with Crippen LogP contribution in [0.1, 0.15) is 51.3 Å². The molecule has 0 atom stereocenters. The van der Waals surface area contributed by atoms with E-state index in [2.05, 4.69) is 10.3 Å². The van der Waals surface area contributed by atoms with Crippen molar-refractivity contribution in [3.8, 4) is 28.5 Å². The maximum Gasteiger partial charge on any atom is 0.408 e. The Kier molecular flexibility index (Phi) is 6.04. The van der Waals surface area contributed by atoms with Gasteiger partial charge in [-0.3, -0.25) is 4.79 Å². The SMILES string of the molecule is CC(C)(C)OC(=O)NC1(c2ccc(-c3c(-c4ccccc4)oc4c(C#N)nccc4c3=O)cc2)CCC1. The van der Waals surface area contributed by atoms with Gasteiger partial charge in [-0.2, -0.15) is 5.26 Å². The molecule has 1 aliphatic rings. The molecule has 1 amide bonds. The second-order valence-corrected chi connectivity index (χ2v) is 10.3. The lowest BCUT2D eigenvalue weighted by molar-refractivity contribution is 0.0377. The summed E-state index contributed by atoms with van der Waals surface area (Å²) in [6.45, 7) is 5.51. The first-order valence-electron chi connectivity index (χ1n) is 12.2. The number of nitrogens with zero attached hydrogens (tertiary/aromatic N) is 2. The quantitative estimate of drug-likeness (QED) is 0.358. The third-order valence-corrected chi connectivity index (χ3v) is 6.62. The van der Waals surface area contributed by atoms with Crippen LogP contribution in [0.15, 0.2) is 76.1 Å². The Balaban J connectivity index is 1.60. The maximum atomic E-state index is 13.7. The number of nitriles is 1. The highest BCUT2D eigenvalue weighted by molar-refractivity contribution is 5.90. The summed E-state index contributed by atoms with van der Waals surface area (Å²) in [7, 11) is 0. The van der Waals surface area contributed by atoms with Gasteiger partial charge in [-0.25, -0.2) is 9.78 Å². The second-order valence-electron chi connectivity index (χ2n) is 10.3. The molecule has 0 radical (unpaired) electrons. The Hall–Kier alpha value is -4.44. The van der Waals surface area contributed by atoms with Gasteiger partial charge >= 0.3 is 6.09 Å². The van der Waals surface area contributed by atoms with Gasteiger partial charge in [-0.1, -0.05) is 54.6 Å². The van der Waals surface area contributed by atoms with E-state index in [1.54, 1.807) is 6.07 Å². The minimum atomic E-state index is -0.586. The fourth-order valence-electron chi connectivity index (χ4n) is 4.73. The molecule has 7 nitrogen and oxygen atoms in total. The first-order valence-corrected chi connectivity index (χ1v) is 12.2. The average Bonchev–Trinajstić information content (AvgIpc) is 2.85. The zero-order valence-electron chi connectivity index (χ0n) is 21.0. The van der Waals surface area contributed by atoms with E-state index >= 15 is 0 Å². The van der Waals surface area contributed by atoms with Gasteiger partial charge in [0.2, 0.25) is 5.43 Å². The topological polar surface area (TPSA) is 105 Å². The lowest BCUT2D eigenvalue weighted by Crippen LogP contribution is -2.52. The predicted octanol–water partition coefficient (Wildman–Crippen LogP) is 6.30. The highest BCUT2D eigenvalue weighted by Crippen LogP contribution is 2.42. The minimum Gasteiger partial charge on any atom is -0.452 e. The molecule has 1 aliphatic carbocycles. The van der Waals surface area contributed by atoms with Gasteiger partial charge in [0.1, 0.15) is 17.4 Å². The summed E-state index contributed by atoms with van der Waals surface area (Å²) in [6.07, 6.45) is 3.61. The lowest BCUT2D eigenvalue weighted by Gasteiger charge is -2.43. The first-order chi connectivity index (χ1) is 17.7. The van der Waals surface area contributed by atoms with Crippen LogP contribution in [0.2, 0.25) is 0 Å². The van der Waals surface area contributed by atoms with Gasteiger partial charge in [-0.15, -0.1) is 0 Å². The molecule has 0 aliphatic heterocycles. The number of alkyl carbamates (subject to hydrolysis) is 1. The zero-order chi connectivity index (χ0) is 26.2. The van der Waals surface area contributed by atoms with E-state index in [1.165, 1.54) is 6.20 Å². The second kappa shape index (κ2) is 9.21. The Morgan fingerprint density at radius 2 is 1.76 bits per heavy atom. The summed E-state index contributed by atoms with van der Waals surface area (Å²) in [5.41, 5.74) is 1.67. The zero-order valence-corrected chi connectivity index (χ0v) is 21.0. The van der Waals surface area contributed by atoms with Crippen molar-refractivity contribution in [3.63, 3.8) is 0 Å². The Labute approximate surface area is 214 Å². The van der Waals surface area contributed by atoms with Crippen LogP contribution in [0.3, 0.4) is 0 Å². The summed E-state index contributed by atoms with van der Waals surface area (Å²) in [5, 5.41) is 12.9. The molecule has 1 N–H and O–H groups in total. The molecule has 0 spiro atoms. The molecule has 1 fully saturated rings. The highest BCUT2D eigenvalue weighted by Gasteiger charge is 2.41. The van der Waals surface area contributed by atoms with Crippen molar-refractivity contribution >= 4 is 17.1 Å². The van der Waals surface area contributed by atoms with E-state index < -0.39 is 17.2 Å². The molecular formula is C30H27N3O4. The van der Waals surface area contributed by atoms with Crippen LogP contribution < -0.4 is 10.7 Å². The number of pyridine rings is 1. The molecule has 186 valence electrons. The maximum absolute atomic E-state index is 13.7. The van der Waals surface area contributed by atoms with Crippen LogP contribution in [0, 0.1) is 11.3 Å². The molecule has 0 bridgehead atoms. The van der Waals surface area contributed by atoms with Gasteiger partial charge in [-0.05, 0) is 57.2 Å². The number of aromatic nitrogens is 1. The number of fused-ring (bicyclic) bond motifs is 1. The number of carbonyl (C=O) groups excluding carboxylic acids is 1. The fraction of sp³-hybridized carbons (Fsp3) is 0.267. The summed E-state index contributed by atoms with van der Waals surface area (Å²) < 4.78 is 11.7. The van der Waals surface area contributed by atoms with Crippen LogP contribution in [-0.2, 0) is 10.3 Å². The van der Waals surface area contributed by atoms with Crippen molar-refractivity contribution in [2.75, 3.05) is 0 Å². The van der Waals surface area contributed by atoms with Crippen molar-refractivity contribution in [1.29, 1.82) is 5.26 Å². The van der Waals surface area contributed by atoms with Crippen molar-refractivity contribution in [1.82, 2.24) is 10.3 Å². The van der Waals surface area contributed by atoms with E-state index in [0.717, 1.165) is 30.4 Å². The first kappa shape index (κ1) is 24.3. The monoisotopic (exact) mass is 493 g/mol. The third-order valence-electron chi connectivity index (χ3n) is 6.62. The van der Waals surface area contributed by atoms with Crippen LogP contribution >= 0.6 is 0 Å². The number of benzene rings is 2.